The Kier molecular flexibility index (Phi) is 7.02. The maximum absolute atomic E-state index is 13.4. The van der Waals surface area contributed by atoms with E-state index in [9.17, 15) is 44.5 Å². The number of carbonyl (C=O) groups is 2. The Hall–Kier alpha value is -2.28. The van der Waals surface area contributed by atoms with Gasteiger partial charge in [0.15, 0.2) is 10.1 Å². The van der Waals surface area contributed by atoms with Crippen LogP contribution in [0.15, 0.2) is 24.3 Å². The smallest absolute Gasteiger partial charge is 0.432 e. The molecule has 0 saturated carbocycles. The highest BCUT2D eigenvalue weighted by molar-refractivity contribution is 7.86. The van der Waals surface area contributed by atoms with E-state index in [-0.39, 0.29) is 5.75 Å². The second kappa shape index (κ2) is 8.22. The highest BCUT2D eigenvalue weighted by Crippen LogP contribution is 2.38. The molecular weight excluding hydrogens is 431 g/mol. The Morgan fingerprint density at radius 2 is 1.69 bits per heavy atom. The van der Waals surface area contributed by atoms with Crippen molar-refractivity contribution >= 4 is 22.1 Å². The molecule has 0 aliphatic rings. The third kappa shape index (κ3) is 5.85. The molecule has 1 aromatic carbocycles. The van der Waals surface area contributed by atoms with Crippen molar-refractivity contribution in [3.8, 4) is 5.75 Å². The highest BCUT2D eigenvalue weighted by Gasteiger charge is 2.63. The van der Waals surface area contributed by atoms with Crippen molar-refractivity contribution < 1.29 is 54.0 Å². The Morgan fingerprint density at radius 3 is 2.14 bits per heavy atom. The van der Waals surface area contributed by atoms with Gasteiger partial charge in [-0.2, -0.15) is 22.0 Å². The molecule has 0 N–H and O–H groups in total. The van der Waals surface area contributed by atoms with Crippen molar-refractivity contribution in [2.24, 2.45) is 5.41 Å². The predicted octanol–water partition coefficient (Wildman–Crippen LogP) is 3.25. The molecule has 0 amide bonds. The first-order chi connectivity index (χ1) is 12.9. The fraction of sp³-hybridized carbons (Fsp3) is 0.500. The topological polar surface area (TPSA) is 110 Å². The predicted molar refractivity (Wildman–Crippen MR) is 86.1 cm³/mol. The monoisotopic (exact) mass is 447 g/mol. The minimum Gasteiger partial charge on any atom is -0.743 e. The average molecular weight is 447 g/mol. The van der Waals surface area contributed by atoms with Gasteiger partial charge in [-0.25, -0.2) is 13.2 Å². The van der Waals surface area contributed by atoms with E-state index in [1.54, 1.807) is 20.8 Å². The fourth-order valence-corrected chi connectivity index (χ4v) is 2.15. The van der Waals surface area contributed by atoms with Crippen LogP contribution in [0.2, 0.25) is 0 Å². The van der Waals surface area contributed by atoms with E-state index in [0.717, 1.165) is 18.2 Å². The minimum atomic E-state index is -6.81. The molecule has 0 fully saturated rings. The van der Waals surface area contributed by atoms with Gasteiger partial charge in [0.25, 0.3) is 6.10 Å². The van der Waals surface area contributed by atoms with E-state index in [1.807, 2.05) is 0 Å². The lowest BCUT2D eigenvalue weighted by atomic mass is 9.91. The molecule has 0 aliphatic carbocycles. The fourth-order valence-electron chi connectivity index (χ4n) is 1.71. The number of hydrogen-bond acceptors (Lipinski definition) is 7. The van der Waals surface area contributed by atoms with Crippen molar-refractivity contribution in [1.82, 2.24) is 0 Å². The Morgan fingerprint density at radius 1 is 1.14 bits per heavy atom. The van der Waals surface area contributed by atoms with Crippen LogP contribution < -0.4 is 4.74 Å². The molecule has 29 heavy (non-hydrogen) atoms. The highest BCUT2D eigenvalue weighted by atomic mass is 32.2. The number of carbonyl (C=O) groups excluding carboxylic acids is 2. The second-order valence-electron chi connectivity index (χ2n) is 6.50. The Labute approximate surface area is 162 Å². The zero-order valence-electron chi connectivity index (χ0n) is 15.2. The van der Waals surface area contributed by atoms with Gasteiger partial charge in [0.1, 0.15) is 5.75 Å². The summed E-state index contributed by atoms with van der Waals surface area (Å²) >= 11 is 0. The molecule has 1 aromatic rings. The van der Waals surface area contributed by atoms with E-state index in [2.05, 4.69) is 4.74 Å². The Bertz CT molecular complexity index is 878. The number of hydrogen-bond donors (Lipinski definition) is 0. The zero-order chi connectivity index (χ0) is 22.8. The standard InChI is InChI=1S/C16H17F5O7S/c1-4-14(2,3)13(23)27-10-7-5-6-9(8-10)11(22)28-12(15(17,18)19)16(20,21)29(24,25)26/h5-8,12H,4H2,1-3H3,(H,24,25,26)/p-1. The molecule has 0 spiro atoms. The van der Waals surface area contributed by atoms with E-state index < -0.39 is 50.6 Å². The quantitative estimate of drug-likeness (QED) is 0.273. The van der Waals surface area contributed by atoms with E-state index in [0.29, 0.717) is 6.42 Å². The lowest BCUT2D eigenvalue weighted by Crippen LogP contribution is -2.52. The maximum Gasteiger partial charge on any atom is 0.432 e. The molecule has 0 heterocycles. The van der Waals surface area contributed by atoms with Crippen LogP contribution in [0.5, 0.6) is 5.75 Å². The summed E-state index contributed by atoms with van der Waals surface area (Å²) in [5.41, 5.74) is -1.68. The number of alkyl halides is 5. The van der Waals surface area contributed by atoms with Crippen LogP contribution in [-0.2, 0) is 19.6 Å². The van der Waals surface area contributed by atoms with Crippen molar-refractivity contribution in [1.29, 1.82) is 0 Å². The molecule has 0 aromatic heterocycles. The molecule has 0 bridgehead atoms. The zero-order valence-corrected chi connectivity index (χ0v) is 16.1. The lowest BCUT2D eigenvalue weighted by Gasteiger charge is -2.29. The third-order valence-electron chi connectivity index (χ3n) is 3.88. The summed E-state index contributed by atoms with van der Waals surface area (Å²) in [5, 5.41) is -5.96. The molecule has 7 nitrogen and oxygen atoms in total. The molecule has 0 aliphatic heterocycles. The molecule has 1 atom stereocenters. The summed E-state index contributed by atoms with van der Waals surface area (Å²) in [6.07, 6.45) is -10.2. The lowest BCUT2D eigenvalue weighted by molar-refractivity contribution is -0.248. The summed E-state index contributed by atoms with van der Waals surface area (Å²) < 4.78 is 105. The first-order valence-corrected chi connectivity index (χ1v) is 9.27. The van der Waals surface area contributed by atoms with Crippen LogP contribution in [0.3, 0.4) is 0 Å². The average Bonchev–Trinajstić information content (AvgIpc) is 2.57. The van der Waals surface area contributed by atoms with Crippen molar-refractivity contribution in [2.75, 3.05) is 0 Å². The van der Waals surface area contributed by atoms with Gasteiger partial charge < -0.3 is 14.0 Å². The van der Waals surface area contributed by atoms with Gasteiger partial charge >= 0.3 is 23.4 Å². The number of esters is 2. The molecule has 13 heteroatoms. The molecule has 1 rings (SSSR count). The van der Waals surface area contributed by atoms with Gasteiger partial charge in [-0.1, -0.05) is 13.0 Å². The van der Waals surface area contributed by atoms with Crippen molar-refractivity contribution in [3.63, 3.8) is 0 Å². The van der Waals surface area contributed by atoms with E-state index >= 15 is 0 Å². The number of halogens is 5. The minimum absolute atomic E-state index is 0.294. The van der Waals surface area contributed by atoms with Gasteiger partial charge in [-0.15, -0.1) is 0 Å². The number of ether oxygens (including phenoxy) is 2. The molecule has 0 radical (unpaired) electrons. The third-order valence-corrected chi connectivity index (χ3v) is 4.76. The summed E-state index contributed by atoms with van der Waals surface area (Å²) in [7, 11) is -6.81. The summed E-state index contributed by atoms with van der Waals surface area (Å²) in [4.78, 5) is 23.9. The summed E-state index contributed by atoms with van der Waals surface area (Å²) in [6, 6.07) is 3.81. The van der Waals surface area contributed by atoms with Crippen LogP contribution >= 0.6 is 0 Å². The van der Waals surface area contributed by atoms with Gasteiger partial charge in [0.2, 0.25) is 0 Å². The molecule has 164 valence electrons. The van der Waals surface area contributed by atoms with Gasteiger partial charge in [0.05, 0.1) is 11.0 Å². The van der Waals surface area contributed by atoms with E-state index in [1.165, 1.54) is 6.07 Å². The Balaban J connectivity index is 3.17. The maximum atomic E-state index is 13.4. The molecule has 0 saturated heterocycles. The van der Waals surface area contributed by atoms with Crippen LogP contribution in [0, 0.1) is 5.41 Å². The van der Waals surface area contributed by atoms with Crippen LogP contribution in [-0.4, -0.2) is 42.4 Å². The SMILES string of the molecule is CCC(C)(C)C(=O)Oc1cccc(C(=O)OC(C(F)(F)F)C(F)(F)S(=O)(=O)[O-])c1. The summed E-state index contributed by atoms with van der Waals surface area (Å²) in [5.74, 6) is -3.04. The van der Waals surface area contributed by atoms with Crippen molar-refractivity contribution in [2.45, 2.75) is 44.7 Å². The number of benzene rings is 1. The van der Waals surface area contributed by atoms with Gasteiger partial charge in [-0.05, 0) is 38.5 Å². The van der Waals surface area contributed by atoms with Crippen LogP contribution in [0.1, 0.15) is 37.6 Å². The summed E-state index contributed by atoms with van der Waals surface area (Å²) in [6.45, 7) is 4.79. The molecule has 1 unspecified atom stereocenters. The first kappa shape index (κ1) is 24.8. The van der Waals surface area contributed by atoms with Crippen LogP contribution in [0.4, 0.5) is 22.0 Å². The second-order valence-corrected chi connectivity index (χ2v) is 7.95. The van der Waals surface area contributed by atoms with Gasteiger partial charge in [-0.3, -0.25) is 4.79 Å². The van der Waals surface area contributed by atoms with E-state index in [4.69, 9.17) is 4.74 Å². The molecular formula is C16H16F5O7S-. The van der Waals surface area contributed by atoms with Gasteiger partial charge in [0, 0.05) is 0 Å². The van der Waals surface area contributed by atoms with Crippen LogP contribution in [0.25, 0.3) is 0 Å². The first-order valence-electron chi connectivity index (χ1n) is 7.86. The van der Waals surface area contributed by atoms with Crippen molar-refractivity contribution in [3.05, 3.63) is 29.8 Å². The largest absolute Gasteiger partial charge is 0.743 e. The number of rotatable bonds is 7. The normalized spacial score (nSPS) is 14.2.